The lowest BCUT2D eigenvalue weighted by molar-refractivity contribution is 0.536. The van der Waals surface area contributed by atoms with E-state index < -0.39 is 0 Å². The number of benzene rings is 1. The number of nitriles is 1. The van der Waals surface area contributed by atoms with Crippen LogP contribution in [0.25, 0.3) is 22.4 Å². The van der Waals surface area contributed by atoms with Gasteiger partial charge in [-0.2, -0.15) is 5.26 Å². The molecule has 0 atom stereocenters. The van der Waals surface area contributed by atoms with E-state index in [1.807, 2.05) is 30.3 Å². The molecule has 0 radical (unpaired) electrons. The second-order valence-electron chi connectivity index (χ2n) is 5.49. The van der Waals surface area contributed by atoms with E-state index in [0.717, 1.165) is 29.0 Å². The predicted molar refractivity (Wildman–Crippen MR) is 82.5 cm³/mol. The van der Waals surface area contributed by atoms with Gasteiger partial charge in [0.2, 0.25) is 0 Å². The zero-order valence-electron chi connectivity index (χ0n) is 12.1. The molecule has 3 rings (SSSR count). The predicted octanol–water partition coefficient (Wildman–Crippen LogP) is 3.63. The fourth-order valence-corrected chi connectivity index (χ4v) is 2.47. The molecule has 0 aliphatic heterocycles. The third-order valence-electron chi connectivity index (χ3n) is 3.36. The summed E-state index contributed by atoms with van der Waals surface area (Å²) in [5.74, 6) is 1.44. The molecular formula is C17H16N4. The summed E-state index contributed by atoms with van der Waals surface area (Å²) >= 11 is 0. The number of hydrogen-bond acceptors (Lipinski definition) is 3. The Hall–Kier alpha value is -2.67. The highest BCUT2D eigenvalue weighted by Crippen LogP contribution is 2.26. The standard InChI is InChI=1S/C17H16N4/c1-12(2)11-21-16-4-3-13(10-18)9-15(16)20-17(21)14-5-7-19-8-6-14/h3-9,12H,11H2,1-2H3. The van der Waals surface area contributed by atoms with Gasteiger partial charge < -0.3 is 4.57 Å². The summed E-state index contributed by atoms with van der Waals surface area (Å²) in [6, 6.07) is 11.8. The van der Waals surface area contributed by atoms with E-state index in [4.69, 9.17) is 10.2 Å². The number of nitrogens with zero attached hydrogens (tertiary/aromatic N) is 4. The van der Waals surface area contributed by atoms with Crippen LogP contribution in [0.5, 0.6) is 0 Å². The maximum absolute atomic E-state index is 9.04. The molecule has 0 unspecified atom stereocenters. The van der Waals surface area contributed by atoms with Crippen molar-refractivity contribution in [1.29, 1.82) is 5.26 Å². The maximum atomic E-state index is 9.04. The normalized spacial score (nSPS) is 11.0. The highest BCUT2D eigenvalue weighted by molar-refractivity contribution is 5.81. The highest BCUT2D eigenvalue weighted by Gasteiger charge is 2.13. The molecule has 0 saturated carbocycles. The molecule has 3 aromatic rings. The molecule has 1 aromatic carbocycles. The van der Waals surface area contributed by atoms with E-state index in [9.17, 15) is 0 Å². The van der Waals surface area contributed by atoms with Crippen molar-refractivity contribution in [1.82, 2.24) is 14.5 Å². The summed E-state index contributed by atoms with van der Waals surface area (Å²) in [5.41, 5.74) is 3.61. The van der Waals surface area contributed by atoms with Gasteiger partial charge in [0, 0.05) is 24.5 Å². The summed E-state index contributed by atoms with van der Waals surface area (Å²) in [6.07, 6.45) is 3.55. The zero-order valence-corrected chi connectivity index (χ0v) is 12.1. The lowest BCUT2D eigenvalue weighted by Crippen LogP contribution is -2.06. The van der Waals surface area contributed by atoms with Crippen LogP contribution in [0, 0.1) is 17.2 Å². The lowest BCUT2D eigenvalue weighted by Gasteiger charge is -2.11. The second kappa shape index (κ2) is 5.37. The van der Waals surface area contributed by atoms with Crippen molar-refractivity contribution in [2.45, 2.75) is 20.4 Å². The number of hydrogen-bond donors (Lipinski definition) is 0. The van der Waals surface area contributed by atoms with Gasteiger partial charge in [-0.25, -0.2) is 4.98 Å². The molecule has 0 spiro atoms. The van der Waals surface area contributed by atoms with Crippen molar-refractivity contribution in [3.05, 3.63) is 48.3 Å². The van der Waals surface area contributed by atoms with Crippen LogP contribution in [0.2, 0.25) is 0 Å². The van der Waals surface area contributed by atoms with Crippen molar-refractivity contribution in [2.75, 3.05) is 0 Å². The van der Waals surface area contributed by atoms with Crippen LogP contribution in [-0.4, -0.2) is 14.5 Å². The van der Waals surface area contributed by atoms with Gasteiger partial charge in [0.05, 0.1) is 22.7 Å². The maximum Gasteiger partial charge on any atom is 0.141 e. The molecule has 0 N–H and O–H groups in total. The van der Waals surface area contributed by atoms with Crippen molar-refractivity contribution < 1.29 is 0 Å². The van der Waals surface area contributed by atoms with Crippen LogP contribution in [0.1, 0.15) is 19.4 Å². The fourth-order valence-electron chi connectivity index (χ4n) is 2.47. The molecule has 4 heteroatoms. The molecule has 2 heterocycles. The van der Waals surface area contributed by atoms with Crippen LogP contribution >= 0.6 is 0 Å². The van der Waals surface area contributed by atoms with Crippen molar-refractivity contribution >= 4 is 11.0 Å². The van der Waals surface area contributed by atoms with E-state index in [2.05, 4.69) is 29.5 Å². The first kappa shape index (κ1) is 13.3. The first-order valence-corrected chi connectivity index (χ1v) is 7.00. The van der Waals surface area contributed by atoms with Crippen LogP contribution in [0.4, 0.5) is 0 Å². The number of rotatable bonds is 3. The molecule has 0 aliphatic rings. The van der Waals surface area contributed by atoms with E-state index >= 15 is 0 Å². The topological polar surface area (TPSA) is 54.5 Å². The number of fused-ring (bicyclic) bond motifs is 1. The first-order chi connectivity index (χ1) is 10.2. The molecule has 0 bridgehead atoms. The van der Waals surface area contributed by atoms with Gasteiger partial charge in [-0.3, -0.25) is 4.98 Å². The number of aromatic nitrogens is 3. The minimum absolute atomic E-state index is 0.513. The Labute approximate surface area is 123 Å². The molecule has 0 fully saturated rings. The van der Waals surface area contributed by atoms with Gasteiger partial charge in [0.15, 0.2) is 0 Å². The zero-order chi connectivity index (χ0) is 14.8. The van der Waals surface area contributed by atoms with Gasteiger partial charge in [0.25, 0.3) is 0 Å². The van der Waals surface area contributed by atoms with Gasteiger partial charge in [-0.15, -0.1) is 0 Å². The fraction of sp³-hybridized carbons (Fsp3) is 0.235. The van der Waals surface area contributed by atoms with Gasteiger partial charge in [-0.05, 0) is 36.2 Å². The SMILES string of the molecule is CC(C)Cn1c(-c2ccncc2)nc2cc(C#N)ccc21. The highest BCUT2D eigenvalue weighted by atomic mass is 15.1. The van der Waals surface area contributed by atoms with E-state index in [1.54, 1.807) is 12.4 Å². The molecule has 0 amide bonds. The molecule has 0 aliphatic carbocycles. The third-order valence-corrected chi connectivity index (χ3v) is 3.36. The van der Waals surface area contributed by atoms with E-state index in [-0.39, 0.29) is 0 Å². The average molecular weight is 276 g/mol. The van der Waals surface area contributed by atoms with E-state index in [0.29, 0.717) is 11.5 Å². The first-order valence-electron chi connectivity index (χ1n) is 7.00. The summed E-state index contributed by atoms with van der Waals surface area (Å²) < 4.78 is 2.22. The quantitative estimate of drug-likeness (QED) is 0.734. The lowest BCUT2D eigenvalue weighted by atomic mass is 10.2. The minimum atomic E-state index is 0.513. The van der Waals surface area contributed by atoms with E-state index in [1.165, 1.54) is 0 Å². The summed E-state index contributed by atoms with van der Waals surface area (Å²) in [5, 5.41) is 9.04. The summed E-state index contributed by atoms with van der Waals surface area (Å²) in [4.78, 5) is 8.79. The van der Waals surface area contributed by atoms with Crippen LogP contribution < -0.4 is 0 Å². The minimum Gasteiger partial charge on any atom is -0.324 e. The van der Waals surface area contributed by atoms with Crippen molar-refractivity contribution in [3.63, 3.8) is 0 Å². The monoisotopic (exact) mass is 276 g/mol. The third kappa shape index (κ3) is 2.50. The van der Waals surface area contributed by atoms with Gasteiger partial charge in [-0.1, -0.05) is 13.8 Å². The Morgan fingerprint density at radius 2 is 1.95 bits per heavy atom. The Morgan fingerprint density at radius 1 is 1.19 bits per heavy atom. The van der Waals surface area contributed by atoms with Crippen LogP contribution in [-0.2, 0) is 6.54 Å². The van der Waals surface area contributed by atoms with Crippen LogP contribution in [0.3, 0.4) is 0 Å². The Kier molecular flexibility index (Phi) is 3.41. The van der Waals surface area contributed by atoms with Crippen molar-refractivity contribution in [3.8, 4) is 17.5 Å². The molecule has 0 saturated heterocycles. The van der Waals surface area contributed by atoms with Gasteiger partial charge in [0.1, 0.15) is 5.82 Å². The summed E-state index contributed by atoms with van der Waals surface area (Å²) in [6.45, 7) is 5.26. The molecule has 21 heavy (non-hydrogen) atoms. The molecule has 2 aromatic heterocycles. The molecule has 104 valence electrons. The molecular weight excluding hydrogens is 260 g/mol. The second-order valence-corrected chi connectivity index (χ2v) is 5.49. The van der Waals surface area contributed by atoms with Crippen LogP contribution in [0.15, 0.2) is 42.7 Å². The Morgan fingerprint density at radius 3 is 2.62 bits per heavy atom. The largest absolute Gasteiger partial charge is 0.324 e. The smallest absolute Gasteiger partial charge is 0.141 e. The van der Waals surface area contributed by atoms with Crippen molar-refractivity contribution in [2.24, 2.45) is 5.92 Å². The Balaban J connectivity index is 2.25. The Bertz CT molecular complexity index is 810. The number of pyridine rings is 1. The van der Waals surface area contributed by atoms with Gasteiger partial charge >= 0.3 is 0 Å². The number of imidazole rings is 1. The summed E-state index contributed by atoms with van der Waals surface area (Å²) in [7, 11) is 0. The molecule has 4 nitrogen and oxygen atoms in total. The average Bonchev–Trinajstić information content (AvgIpc) is 2.85.